The van der Waals surface area contributed by atoms with Crippen molar-refractivity contribution in [3.8, 4) is 0 Å². The molecule has 0 aliphatic carbocycles. The third kappa shape index (κ3) is 3.89. The van der Waals surface area contributed by atoms with E-state index in [1.54, 1.807) is 25.3 Å². The smallest absolute Gasteiger partial charge is 0.341 e. The number of carbonyl (C=O) groups is 2. The summed E-state index contributed by atoms with van der Waals surface area (Å²) in [4.78, 5) is 28.9. The summed E-state index contributed by atoms with van der Waals surface area (Å²) in [5.41, 5.74) is 0.779. The molecule has 0 aromatic carbocycles. The Morgan fingerprint density at radius 2 is 2.14 bits per heavy atom. The molecule has 5 nitrogen and oxygen atoms in total. The maximum atomic E-state index is 12.2. The van der Waals surface area contributed by atoms with E-state index in [0.29, 0.717) is 20.6 Å². The SMILES string of the molecule is CCOC(=O)c1cc(C)sc1NC(=O)c1cncc(Br)c1. The summed E-state index contributed by atoms with van der Waals surface area (Å²) < 4.78 is 5.70. The number of nitrogens with one attached hydrogen (secondary N) is 1. The molecular formula is C14H13BrN2O3S. The van der Waals surface area contributed by atoms with Crippen LogP contribution in [0.3, 0.4) is 0 Å². The van der Waals surface area contributed by atoms with Crippen LogP contribution in [0.5, 0.6) is 0 Å². The fourth-order valence-corrected chi connectivity index (χ4v) is 2.94. The molecule has 0 atom stereocenters. The second-order valence-electron chi connectivity index (χ2n) is 4.17. The summed E-state index contributed by atoms with van der Waals surface area (Å²) in [7, 11) is 0. The average Bonchev–Trinajstić information content (AvgIpc) is 2.80. The van der Waals surface area contributed by atoms with Crippen LogP contribution in [0.4, 0.5) is 5.00 Å². The van der Waals surface area contributed by atoms with Gasteiger partial charge in [0.15, 0.2) is 0 Å². The van der Waals surface area contributed by atoms with Crippen molar-refractivity contribution in [2.24, 2.45) is 0 Å². The van der Waals surface area contributed by atoms with Crippen LogP contribution in [0, 0.1) is 6.92 Å². The molecule has 1 amide bonds. The number of pyridine rings is 1. The van der Waals surface area contributed by atoms with E-state index in [2.05, 4.69) is 26.2 Å². The number of hydrogen-bond donors (Lipinski definition) is 1. The second kappa shape index (κ2) is 6.82. The molecule has 0 saturated heterocycles. The van der Waals surface area contributed by atoms with Crippen molar-refractivity contribution < 1.29 is 14.3 Å². The minimum atomic E-state index is -0.440. The van der Waals surface area contributed by atoms with Crippen molar-refractivity contribution in [2.45, 2.75) is 13.8 Å². The Morgan fingerprint density at radius 1 is 1.38 bits per heavy atom. The van der Waals surface area contributed by atoms with Gasteiger partial charge < -0.3 is 10.1 Å². The summed E-state index contributed by atoms with van der Waals surface area (Å²) in [6.45, 7) is 3.89. The average molecular weight is 369 g/mol. The Bertz CT molecular complexity index is 685. The van der Waals surface area contributed by atoms with Gasteiger partial charge in [-0.15, -0.1) is 11.3 Å². The van der Waals surface area contributed by atoms with E-state index < -0.39 is 5.97 Å². The van der Waals surface area contributed by atoms with E-state index in [4.69, 9.17) is 4.74 Å². The molecule has 2 aromatic heterocycles. The van der Waals surface area contributed by atoms with Crippen LogP contribution in [0.15, 0.2) is 29.0 Å². The number of rotatable bonds is 4. The predicted molar refractivity (Wildman–Crippen MR) is 84.9 cm³/mol. The topological polar surface area (TPSA) is 68.3 Å². The third-order valence-electron chi connectivity index (χ3n) is 2.54. The van der Waals surface area contributed by atoms with Gasteiger partial charge >= 0.3 is 5.97 Å². The van der Waals surface area contributed by atoms with Gasteiger partial charge in [-0.25, -0.2) is 4.79 Å². The van der Waals surface area contributed by atoms with Crippen molar-refractivity contribution in [2.75, 3.05) is 11.9 Å². The fraction of sp³-hybridized carbons (Fsp3) is 0.214. The fourth-order valence-electron chi connectivity index (χ4n) is 1.68. The van der Waals surface area contributed by atoms with E-state index in [1.807, 2.05) is 6.92 Å². The first kappa shape index (κ1) is 15.7. The number of halogens is 1. The van der Waals surface area contributed by atoms with E-state index in [1.165, 1.54) is 17.5 Å². The number of ether oxygens (including phenoxy) is 1. The van der Waals surface area contributed by atoms with Gasteiger partial charge in [0.1, 0.15) is 5.00 Å². The quantitative estimate of drug-likeness (QED) is 0.836. The number of esters is 1. The Balaban J connectivity index is 2.23. The van der Waals surface area contributed by atoms with Gasteiger partial charge in [0.2, 0.25) is 0 Å². The molecule has 2 heterocycles. The van der Waals surface area contributed by atoms with Crippen LogP contribution in [0.1, 0.15) is 32.5 Å². The molecule has 110 valence electrons. The number of aromatic nitrogens is 1. The lowest BCUT2D eigenvalue weighted by Gasteiger charge is -2.06. The first-order valence-electron chi connectivity index (χ1n) is 6.20. The molecular weight excluding hydrogens is 356 g/mol. The van der Waals surface area contributed by atoms with Gasteiger partial charge in [-0.2, -0.15) is 0 Å². The summed E-state index contributed by atoms with van der Waals surface area (Å²) in [5, 5.41) is 3.21. The largest absolute Gasteiger partial charge is 0.462 e. The molecule has 21 heavy (non-hydrogen) atoms. The summed E-state index contributed by atoms with van der Waals surface area (Å²) in [6, 6.07) is 3.37. The summed E-state index contributed by atoms with van der Waals surface area (Å²) in [6.07, 6.45) is 3.06. The molecule has 0 radical (unpaired) electrons. The lowest BCUT2D eigenvalue weighted by atomic mass is 10.2. The lowest BCUT2D eigenvalue weighted by Crippen LogP contribution is -2.14. The van der Waals surface area contributed by atoms with Crippen LogP contribution >= 0.6 is 27.3 Å². The van der Waals surface area contributed by atoms with Gasteiger partial charge in [0.25, 0.3) is 5.91 Å². The van der Waals surface area contributed by atoms with Crippen molar-refractivity contribution >= 4 is 44.1 Å². The Hall–Kier alpha value is -1.73. The van der Waals surface area contributed by atoms with Crippen LogP contribution in [0.2, 0.25) is 0 Å². The highest BCUT2D eigenvalue weighted by Gasteiger charge is 2.18. The number of anilines is 1. The first-order valence-corrected chi connectivity index (χ1v) is 7.81. The molecule has 2 rings (SSSR count). The van der Waals surface area contributed by atoms with Crippen LogP contribution in [-0.4, -0.2) is 23.5 Å². The maximum Gasteiger partial charge on any atom is 0.341 e. The predicted octanol–water partition coefficient (Wildman–Crippen LogP) is 3.64. The minimum absolute atomic E-state index is 0.288. The second-order valence-corrected chi connectivity index (χ2v) is 6.34. The molecule has 2 aromatic rings. The Labute approximate surface area is 134 Å². The highest BCUT2D eigenvalue weighted by molar-refractivity contribution is 9.10. The molecule has 0 spiro atoms. The number of hydrogen-bond acceptors (Lipinski definition) is 5. The number of carbonyl (C=O) groups excluding carboxylic acids is 2. The molecule has 0 unspecified atom stereocenters. The van der Waals surface area contributed by atoms with Gasteiger partial charge in [0.05, 0.1) is 17.7 Å². The van der Waals surface area contributed by atoms with Gasteiger partial charge in [-0.1, -0.05) is 0 Å². The van der Waals surface area contributed by atoms with E-state index in [-0.39, 0.29) is 12.5 Å². The number of amides is 1. The molecule has 1 N–H and O–H groups in total. The molecule has 0 aliphatic rings. The summed E-state index contributed by atoms with van der Waals surface area (Å²) >= 11 is 4.60. The zero-order valence-electron chi connectivity index (χ0n) is 11.5. The molecule has 7 heteroatoms. The van der Waals surface area contributed by atoms with Crippen molar-refractivity contribution in [1.29, 1.82) is 0 Å². The third-order valence-corrected chi connectivity index (χ3v) is 3.94. The highest BCUT2D eigenvalue weighted by atomic mass is 79.9. The standard InChI is InChI=1S/C14H13BrN2O3S/c1-3-20-14(19)11-4-8(2)21-13(11)17-12(18)9-5-10(15)7-16-6-9/h4-7H,3H2,1-2H3,(H,17,18). The van der Waals surface area contributed by atoms with Gasteiger partial charge in [-0.3, -0.25) is 9.78 Å². The maximum absolute atomic E-state index is 12.2. The molecule has 0 bridgehead atoms. The van der Waals surface area contributed by atoms with Crippen LogP contribution in [0.25, 0.3) is 0 Å². The van der Waals surface area contributed by atoms with Gasteiger partial charge in [-0.05, 0) is 41.9 Å². The molecule has 0 saturated carbocycles. The van der Waals surface area contributed by atoms with Gasteiger partial charge in [0, 0.05) is 21.7 Å². The zero-order chi connectivity index (χ0) is 15.4. The van der Waals surface area contributed by atoms with E-state index in [9.17, 15) is 9.59 Å². The molecule has 0 aliphatic heterocycles. The Kier molecular flexibility index (Phi) is 5.08. The monoisotopic (exact) mass is 368 g/mol. The van der Waals surface area contributed by atoms with Crippen LogP contribution < -0.4 is 5.32 Å². The Morgan fingerprint density at radius 3 is 2.81 bits per heavy atom. The minimum Gasteiger partial charge on any atom is -0.462 e. The van der Waals surface area contributed by atoms with Crippen molar-refractivity contribution in [3.63, 3.8) is 0 Å². The number of nitrogens with zero attached hydrogens (tertiary/aromatic N) is 1. The van der Waals surface area contributed by atoms with Crippen LogP contribution in [-0.2, 0) is 4.74 Å². The van der Waals surface area contributed by atoms with Crippen molar-refractivity contribution in [1.82, 2.24) is 4.98 Å². The first-order chi connectivity index (χ1) is 10.0. The van der Waals surface area contributed by atoms with E-state index >= 15 is 0 Å². The zero-order valence-corrected chi connectivity index (χ0v) is 13.9. The normalized spacial score (nSPS) is 10.2. The highest BCUT2D eigenvalue weighted by Crippen LogP contribution is 2.28. The number of aryl methyl sites for hydroxylation is 1. The van der Waals surface area contributed by atoms with E-state index in [0.717, 1.165) is 4.88 Å². The molecule has 0 fully saturated rings. The summed E-state index contributed by atoms with van der Waals surface area (Å²) in [5.74, 6) is -0.763. The lowest BCUT2D eigenvalue weighted by molar-refractivity contribution is 0.0528. The van der Waals surface area contributed by atoms with Crippen molar-refractivity contribution in [3.05, 3.63) is 45.0 Å². The number of thiophene rings is 1.